The van der Waals surface area contributed by atoms with Crippen molar-refractivity contribution in [2.75, 3.05) is 5.32 Å². The number of carbonyl (C=O) groups is 1. The highest BCUT2D eigenvalue weighted by Gasteiger charge is 2.19. The van der Waals surface area contributed by atoms with Crippen LogP contribution in [0.5, 0.6) is 0 Å². The molecule has 4 rings (SSSR count). The Kier molecular flexibility index (Phi) is 5.41. The molecule has 0 aliphatic carbocycles. The number of halogens is 1. The fraction of sp³-hybridized carbons (Fsp3) is 0.125. The lowest BCUT2D eigenvalue weighted by atomic mass is 10.1. The lowest BCUT2D eigenvalue weighted by Crippen LogP contribution is -2.12. The first-order chi connectivity index (χ1) is 14.0. The van der Waals surface area contributed by atoms with E-state index in [1.807, 2.05) is 56.3 Å². The van der Waals surface area contributed by atoms with Crippen LogP contribution in [0.1, 0.15) is 27.2 Å². The Hall–Kier alpha value is -3.05. The van der Waals surface area contributed by atoms with Gasteiger partial charge in [-0.25, -0.2) is 4.39 Å². The number of thioether (sulfide) groups is 1. The molecule has 0 fully saturated rings. The summed E-state index contributed by atoms with van der Waals surface area (Å²) in [6, 6.07) is 20.0. The molecule has 5 heteroatoms. The molecule has 0 saturated heterocycles. The SMILES string of the molecule is Cc1ccc2c(C)c(C(=O)Nc3ccccc3SCc3ccc(F)cc3)oc2c1. The van der Waals surface area contributed by atoms with Crippen molar-refractivity contribution < 1.29 is 13.6 Å². The van der Waals surface area contributed by atoms with Crippen LogP contribution < -0.4 is 5.32 Å². The largest absolute Gasteiger partial charge is 0.451 e. The zero-order valence-corrected chi connectivity index (χ0v) is 17.0. The van der Waals surface area contributed by atoms with Crippen LogP contribution in [0.25, 0.3) is 11.0 Å². The lowest BCUT2D eigenvalue weighted by Gasteiger charge is -2.10. The van der Waals surface area contributed by atoms with Gasteiger partial charge in [-0.2, -0.15) is 0 Å². The summed E-state index contributed by atoms with van der Waals surface area (Å²) in [7, 11) is 0. The van der Waals surface area contributed by atoms with Crippen molar-refractivity contribution in [1.29, 1.82) is 0 Å². The second-order valence-electron chi connectivity index (χ2n) is 6.92. The molecule has 3 nitrogen and oxygen atoms in total. The molecule has 0 aliphatic heterocycles. The van der Waals surface area contributed by atoms with Crippen molar-refractivity contribution in [2.24, 2.45) is 0 Å². The fourth-order valence-electron chi connectivity index (χ4n) is 3.17. The Morgan fingerprint density at radius 3 is 2.59 bits per heavy atom. The Labute approximate surface area is 172 Å². The maximum absolute atomic E-state index is 13.1. The Morgan fingerprint density at radius 2 is 1.79 bits per heavy atom. The van der Waals surface area contributed by atoms with Gasteiger partial charge in [0.05, 0.1) is 5.69 Å². The highest BCUT2D eigenvalue weighted by molar-refractivity contribution is 7.98. The number of fused-ring (bicyclic) bond motifs is 1. The number of anilines is 1. The van der Waals surface area contributed by atoms with Crippen LogP contribution in [0, 0.1) is 19.7 Å². The number of hydrogen-bond acceptors (Lipinski definition) is 3. The summed E-state index contributed by atoms with van der Waals surface area (Å²) in [5.74, 6) is 0.480. The number of carbonyl (C=O) groups excluding carboxylic acids is 1. The monoisotopic (exact) mass is 405 g/mol. The van der Waals surface area contributed by atoms with E-state index in [4.69, 9.17) is 4.42 Å². The smallest absolute Gasteiger partial charge is 0.291 e. The number of nitrogens with one attached hydrogen (secondary N) is 1. The minimum absolute atomic E-state index is 0.247. The van der Waals surface area contributed by atoms with Gasteiger partial charge >= 0.3 is 0 Å². The molecule has 1 aromatic heterocycles. The molecular formula is C24H20FNO2S. The van der Waals surface area contributed by atoms with Crippen molar-refractivity contribution in [3.05, 3.63) is 95.0 Å². The number of amides is 1. The number of hydrogen-bond donors (Lipinski definition) is 1. The van der Waals surface area contributed by atoms with E-state index in [0.717, 1.165) is 32.7 Å². The van der Waals surface area contributed by atoms with E-state index >= 15 is 0 Å². The minimum Gasteiger partial charge on any atom is -0.451 e. The van der Waals surface area contributed by atoms with Crippen LogP contribution >= 0.6 is 11.8 Å². The summed E-state index contributed by atoms with van der Waals surface area (Å²) >= 11 is 1.59. The van der Waals surface area contributed by atoms with Crippen molar-refractivity contribution in [2.45, 2.75) is 24.5 Å². The van der Waals surface area contributed by atoms with Gasteiger partial charge in [0, 0.05) is 21.6 Å². The van der Waals surface area contributed by atoms with Gasteiger partial charge in [0.1, 0.15) is 11.4 Å². The minimum atomic E-state index is -0.272. The third kappa shape index (κ3) is 4.20. The van der Waals surface area contributed by atoms with Crippen LogP contribution in [-0.2, 0) is 5.75 Å². The van der Waals surface area contributed by atoms with Crippen molar-refractivity contribution in [3.63, 3.8) is 0 Å². The summed E-state index contributed by atoms with van der Waals surface area (Å²) in [5, 5.41) is 3.92. The van der Waals surface area contributed by atoms with Gasteiger partial charge in [0.2, 0.25) is 0 Å². The van der Waals surface area contributed by atoms with Gasteiger partial charge in [-0.1, -0.05) is 36.4 Å². The topological polar surface area (TPSA) is 42.2 Å². The molecule has 0 aliphatic rings. The van der Waals surface area contributed by atoms with E-state index in [-0.39, 0.29) is 11.7 Å². The van der Waals surface area contributed by atoms with E-state index in [0.29, 0.717) is 17.1 Å². The molecule has 1 heterocycles. The predicted molar refractivity (Wildman–Crippen MR) is 116 cm³/mol. The third-order valence-corrected chi connectivity index (χ3v) is 5.89. The number of rotatable bonds is 5. The molecule has 0 spiro atoms. The lowest BCUT2D eigenvalue weighted by molar-refractivity contribution is 0.0997. The molecule has 0 bridgehead atoms. The zero-order valence-electron chi connectivity index (χ0n) is 16.2. The summed E-state index contributed by atoms with van der Waals surface area (Å²) in [6.45, 7) is 3.89. The number of benzene rings is 3. The Bertz CT molecular complexity index is 1180. The first-order valence-corrected chi connectivity index (χ1v) is 10.3. The molecule has 0 atom stereocenters. The van der Waals surface area contributed by atoms with Crippen molar-refractivity contribution >= 4 is 34.3 Å². The summed E-state index contributed by atoms with van der Waals surface area (Å²) in [5.41, 5.74) is 4.36. The molecule has 0 radical (unpaired) electrons. The molecule has 29 heavy (non-hydrogen) atoms. The number of aryl methyl sites for hydroxylation is 2. The summed E-state index contributed by atoms with van der Waals surface area (Å²) < 4.78 is 18.9. The fourth-order valence-corrected chi connectivity index (χ4v) is 4.13. The van der Waals surface area contributed by atoms with Crippen LogP contribution in [0.2, 0.25) is 0 Å². The average Bonchev–Trinajstić information content (AvgIpc) is 3.04. The molecule has 3 aromatic carbocycles. The van der Waals surface area contributed by atoms with E-state index < -0.39 is 0 Å². The van der Waals surface area contributed by atoms with Gasteiger partial charge < -0.3 is 9.73 Å². The highest BCUT2D eigenvalue weighted by atomic mass is 32.2. The Balaban J connectivity index is 1.54. The van der Waals surface area contributed by atoms with Crippen LogP contribution in [0.4, 0.5) is 10.1 Å². The van der Waals surface area contributed by atoms with Gasteiger partial charge in [-0.05, 0) is 55.3 Å². The second kappa shape index (κ2) is 8.13. The normalized spacial score (nSPS) is 11.0. The molecular weight excluding hydrogens is 385 g/mol. The van der Waals surface area contributed by atoms with Crippen molar-refractivity contribution in [1.82, 2.24) is 0 Å². The first-order valence-electron chi connectivity index (χ1n) is 9.28. The maximum Gasteiger partial charge on any atom is 0.291 e. The predicted octanol–water partition coefficient (Wildman–Crippen LogP) is 6.73. The second-order valence-corrected chi connectivity index (χ2v) is 7.94. The van der Waals surface area contributed by atoms with Gasteiger partial charge in [0.25, 0.3) is 5.91 Å². The summed E-state index contributed by atoms with van der Waals surface area (Å²) in [6.07, 6.45) is 0. The average molecular weight is 405 g/mol. The molecule has 1 N–H and O–H groups in total. The molecule has 0 unspecified atom stereocenters. The maximum atomic E-state index is 13.1. The zero-order chi connectivity index (χ0) is 20.4. The summed E-state index contributed by atoms with van der Waals surface area (Å²) in [4.78, 5) is 13.8. The quantitative estimate of drug-likeness (QED) is 0.374. The molecule has 1 amide bonds. The Morgan fingerprint density at radius 1 is 1.03 bits per heavy atom. The standard InChI is InChI=1S/C24H20FNO2S/c1-15-7-12-19-16(2)23(28-21(19)13-15)24(27)26-20-5-3-4-6-22(20)29-14-17-8-10-18(25)11-9-17/h3-13H,14H2,1-2H3,(H,26,27). The van der Waals surface area contributed by atoms with E-state index in [1.165, 1.54) is 12.1 Å². The van der Waals surface area contributed by atoms with Crippen molar-refractivity contribution in [3.8, 4) is 0 Å². The van der Waals surface area contributed by atoms with Gasteiger partial charge in [-0.3, -0.25) is 4.79 Å². The van der Waals surface area contributed by atoms with Crippen LogP contribution in [-0.4, -0.2) is 5.91 Å². The van der Waals surface area contributed by atoms with E-state index in [1.54, 1.807) is 23.9 Å². The molecule has 4 aromatic rings. The van der Waals surface area contributed by atoms with E-state index in [9.17, 15) is 9.18 Å². The molecule has 146 valence electrons. The van der Waals surface area contributed by atoms with Crippen LogP contribution in [0.15, 0.2) is 76.0 Å². The third-order valence-electron chi connectivity index (χ3n) is 4.74. The number of furan rings is 1. The van der Waals surface area contributed by atoms with Gasteiger partial charge in [0.15, 0.2) is 5.76 Å². The number of para-hydroxylation sites is 1. The van der Waals surface area contributed by atoms with Crippen LogP contribution in [0.3, 0.4) is 0 Å². The van der Waals surface area contributed by atoms with Gasteiger partial charge in [-0.15, -0.1) is 11.8 Å². The molecule has 0 saturated carbocycles. The first kappa shape index (κ1) is 19.3. The van der Waals surface area contributed by atoms with E-state index in [2.05, 4.69) is 5.32 Å². The highest BCUT2D eigenvalue weighted by Crippen LogP contribution is 2.31.